The maximum atomic E-state index is 13.0. The fourth-order valence-electron chi connectivity index (χ4n) is 1.50. The molecule has 0 radical (unpaired) electrons. The van der Waals surface area contributed by atoms with Crippen LogP contribution in [0.5, 0.6) is 11.6 Å². The fourth-order valence-corrected chi connectivity index (χ4v) is 1.82. The molecule has 0 N–H and O–H groups in total. The lowest BCUT2D eigenvalue weighted by atomic mass is 10.2. The van der Waals surface area contributed by atoms with Crippen molar-refractivity contribution in [3.8, 4) is 11.6 Å². The number of hydrogen-bond acceptors (Lipinski definition) is 2. The molecule has 2 rings (SSSR count). The van der Waals surface area contributed by atoms with Gasteiger partial charge in [-0.1, -0.05) is 11.6 Å². The van der Waals surface area contributed by atoms with Crippen molar-refractivity contribution in [1.29, 1.82) is 0 Å². The molecule has 0 spiro atoms. The summed E-state index contributed by atoms with van der Waals surface area (Å²) in [4.78, 5) is 4.21. The first-order valence-corrected chi connectivity index (χ1v) is 6.16. The van der Waals surface area contributed by atoms with Crippen LogP contribution in [0.2, 0.25) is 5.02 Å². The summed E-state index contributed by atoms with van der Waals surface area (Å²) in [6.45, 7) is 1.85. The number of halogens is 3. The van der Waals surface area contributed by atoms with Gasteiger partial charge >= 0.3 is 0 Å². The Kier molecular flexibility index (Phi) is 4.04. The van der Waals surface area contributed by atoms with Gasteiger partial charge in [-0.05, 0) is 30.7 Å². The first kappa shape index (κ1) is 13.1. The third-order valence-corrected chi connectivity index (χ3v) is 2.86. The quantitative estimate of drug-likeness (QED) is 0.762. The SMILES string of the molecule is Cc1cc(CCl)cc(Oc2ccc(F)c(Cl)c2)n1. The number of benzene rings is 1. The number of pyridine rings is 1. The van der Waals surface area contributed by atoms with E-state index in [-0.39, 0.29) is 5.02 Å². The maximum absolute atomic E-state index is 13.0. The molecule has 0 saturated carbocycles. The van der Waals surface area contributed by atoms with Crippen LogP contribution >= 0.6 is 23.2 Å². The van der Waals surface area contributed by atoms with Crippen LogP contribution in [0.3, 0.4) is 0 Å². The van der Waals surface area contributed by atoms with Gasteiger partial charge in [0.25, 0.3) is 0 Å². The first-order valence-electron chi connectivity index (χ1n) is 5.25. The Bertz CT molecular complexity index is 575. The molecule has 0 aliphatic rings. The van der Waals surface area contributed by atoms with Crippen LogP contribution < -0.4 is 4.74 Å². The van der Waals surface area contributed by atoms with Gasteiger partial charge in [0.15, 0.2) is 0 Å². The summed E-state index contributed by atoms with van der Waals surface area (Å²) in [7, 11) is 0. The zero-order chi connectivity index (χ0) is 13.1. The minimum Gasteiger partial charge on any atom is -0.439 e. The molecule has 2 nitrogen and oxygen atoms in total. The highest BCUT2D eigenvalue weighted by Gasteiger charge is 2.05. The van der Waals surface area contributed by atoms with E-state index in [0.717, 1.165) is 11.3 Å². The van der Waals surface area contributed by atoms with Crippen molar-refractivity contribution >= 4 is 23.2 Å². The standard InChI is InChI=1S/C13H10Cl2FNO/c1-8-4-9(7-14)5-13(17-8)18-10-2-3-12(16)11(15)6-10/h2-6H,7H2,1H3. The van der Waals surface area contributed by atoms with Gasteiger partial charge in [-0.15, -0.1) is 11.6 Å². The van der Waals surface area contributed by atoms with Gasteiger partial charge in [-0.2, -0.15) is 0 Å². The van der Waals surface area contributed by atoms with Crippen molar-refractivity contribution in [2.24, 2.45) is 0 Å². The van der Waals surface area contributed by atoms with Gasteiger partial charge in [0, 0.05) is 23.7 Å². The lowest BCUT2D eigenvalue weighted by Crippen LogP contribution is -1.93. The Hall–Kier alpha value is -1.32. The van der Waals surface area contributed by atoms with Gasteiger partial charge in [-0.3, -0.25) is 0 Å². The van der Waals surface area contributed by atoms with Crippen molar-refractivity contribution in [2.75, 3.05) is 0 Å². The van der Waals surface area contributed by atoms with Crippen LogP contribution in [0.1, 0.15) is 11.3 Å². The molecule has 1 aromatic heterocycles. The second-order valence-electron chi connectivity index (χ2n) is 3.77. The fraction of sp³-hybridized carbons (Fsp3) is 0.154. The number of nitrogens with zero attached hydrogens (tertiary/aromatic N) is 1. The molecule has 18 heavy (non-hydrogen) atoms. The third-order valence-electron chi connectivity index (χ3n) is 2.26. The number of hydrogen-bond donors (Lipinski definition) is 0. The summed E-state index contributed by atoms with van der Waals surface area (Å²) in [6.07, 6.45) is 0. The van der Waals surface area contributed by atoms with E-state index >= 15 is 0 Å². The van der Waals surface area contributed by atoms with E-state index in [2.05, 4.69) is 4.98 Å². The lowest BCUT2D eigenvalue weighted by molar-refractivity contribution is 0.459. The zero-order valence-electron chi connectivity index (χ0n) is 9.58. The average molecular weight is 286 g/mol. The van der Waals surface area contributed by atoms with E-state index < -0.39 is 5.82 Å². The molecule has 0 unspecified atom stereocenters. The van der Waals surface area contributed by atoms with Gasteiger partial charge in [0.1, 0.15) is 11.6 Å². The summed E-state index contributed by atoms with van der Waals surface area (Å²) in [5, 5.41) is 0.0118. The predicted octanol–water partition coefficient (Wildman–Crippen LogP) is 4.71. The molecular formula is C13H10Cl2FNO. The summed E-state index contributed by atoms with van der Waals surface area (Å²) in [6, 6.07) is 7.75. The van der Waals surface area contributed by atoms with Crippen LogP contribution in [-0.4, -0.2) is 4.98 Å². The highest BCUT2D eigenvalue weighted by Crippen LogP contribution is 2.26. The molecular weight excluding hydrogens is 276 g/mol. The van der Waals surface area contributed by atoms with Crippen molar-refractivity contribution in [3.63, 3.8) is 0 Å². The largest absolute Gasteiger partial charge is 0.439 e. The number of alkyl halides is 1. The van der Waals surface area contributed by atoms with E-state index in [9.17, 15) is 4.39 Å². The molecule has 94 valence electrons. The van der Waals surface area contributed by atoms with Crippen LogP contribution in [0.15, 0.2) is 30.3 Å². The second-order valence-corrected chi connectivity index (χ2v) is 4.44. The van der Waals surface area contributed by atoms with E-state index in [1.165, 1.54) is 18.2 Å². The Morgan fingerprint density at radius 1 is 1.28 bits per heavy atom. The molecule has 0 atom stereocenters. The van der Waals surface area contributed by atoms with Crippen molar-refractivity contribution in [3.05, 3.63) is 52.4 Å². The van der Waals surface area contributed by atoms with Crippen LogP contribution in [0.25, 0.3) is 0 Å². The topological polar surface area (TPSA) is 22.1 Å². The molecule has 0 bridgehead atoms. The van der Waals surface area contributed by atoms with E-state index in [1.54, 1.807) is 6.07 Å². The number of aryl methyl sites for hydroxylation is 1. The molecule has 0 fully saturated rings. The zero-order valence-corrected chi connectivity index (χ0v) is 11.1. The van der Waals surface area contributed by atoms with Gasteiger partial charge in [0.2, 0.25) is 5.88 Å². The number of aromatic nitrogens is 1. The second kappa shape index (κ2) is 5.55. The highest BCUT2D eigenvalue weighted by molar-refractivity contribution is 6.30. The van der Waals surface area contributed by atoms with Gasteiger partial charge in [-0.25, -0.2) is 9.37 Å². The summed E-state index contributed by atoms with van der Waals surface area (Å²) in [5.41, 5.74) is 1.71. The Morgan fingerprint density at radius 2 is 2.06 bits per heavy atom. The molecule has 0 saturated heterocycles. The number of rotatable bonds is 3. The Labute approximate surface area is 114 Å². The minimum atomic E-state index is -0.484. The van der Waals surface area contributed by atoms with Crippen molar-refractivity contribution < 1.29 is 9.13 Å². The highest BCUT2D eigenvalue weighted by atomic mass is 35.5. The van der Waals surface area contributed by atoms with Crippen molar-refractivity contribution in [1.82, 2.24) is 4.98 Å². The Balaban J connectivity index is 2.27. The van der Waals surface area contributed by atoms with Crippen LogP contribution in [0.4, 0.5) is 4.39 Å². The maximum Gasteiger partial charge on any atom is 0.219 e. The van der Waals surface area contributed by atoms with E-state index in [4.69, 9.17) is 27.9 Å². The van der Waals surface area contributed by atoms with Gasteiger partial charge in [0.05, 0.1) is 5.02 Å². The van der Waals surface area contributed by atoms with Crippen molar-refractivity contribution in [2.45, 2.75) is 12.8 Å². The third kappa shape index (κ3) is 3.12. The molecule has 1 aromatic carbocycles. The average Bonchev–Trinajstić information content (AvgIpc) is 2.33. The van der Waals surface area contributed by atoms with Crippen LogP contribution in [0, 0.1) is 12.7 Å². The molecule has 1 heterocycles. The first-order chi connectivity index (χ1) is 8.58. The number of ether oxygens (including phenoxy) is 1. The van der Waals surface area contributed by atoms with E-state index in [1.807, 2.05) is 13.0 Å². The summed E-state index contributed by atoms with van der Waals surface area (Å²) in [5.74, 6) is 0.736. The predicted molar refractivity (Wildman–Crippen MR) is 70.0 cm³/mol. The Morgan fingerprint density at radius 3 is 2.72 bits per heavy atom. The lowest BCUT2D eigenvalue weighted by Gasteiger charge is -2.07. The molecule has 2 aromatic rings. The normalized spacial score (nSPS) is 10.4. The molecule has 0 aliphatic carbocycles. The summed E-state index contributed by atoms with van der Waals surface area (Å²) >= 11 is 11.4. The monoisotopic (exact) mass is 285 g/mol. The minimum absolute atomic E-state index is 0.0118. The van der Waals surface area contributed by atoms with Gasteiger partial charge < -0.3 is 4.74 Å². The molecule has 0 aliphatic heterocycles. The van der Waals surface area contributed by atoms with E-state index in [0.29, 0.717) is 17.5 Å². The van der Waals surface area contributed by atoms with Crippen LogP contribution in [-0.2, 0) is 5.88 Å². The molecule has 5 heteroatoms. The molecule has 0 amide bonds. The smallest absolute Gasteiger partial charge is 0.219 e. The summed E-state index contributed by atoms with van der Waals surface area (Å²) < 4.78 is 18.5.